The Morgan fingerprint density at radius 1 is 0.629 bits per heavy atom. The van der Waals surface area contributed by atoms with E-state index < -0.39 is 5.97 Å². The lowest BCUT2D eigenvalue weighted by Gasteiger charge is -2.15. The first-order valence-electron chi connectivity index (χ1n) is 14.8. The average Bonchev–Trinajstić information content (AvgIpc) is 2.83. The zero-order chi connectivity index (χ0) is 25.8. The second-order valence-corrected chi connectivity index (χ2v) is 9.93. The number of aliphatic carboxylic acids is 1. The number of allylic oxidation sites excluding steroid dienone is 3. The summed E-state index contributed by atoms with van der Waals surface area (Å²) in [6, 6.07) is 0. The molecule has 0 radical (unpaired) electrons. The summed E-state index contributed by atoms with van der Waals surface area (Å²) in [5.41, 5.74) is 0. The summed E-state index contributed by atoms with van der Waals surface area (Å²) in [6.45, 7) is 4.46. The van der Waals surface area contributed by atoms with Crippen molar-refractivity contribution in [2.45, 2.75) is 161 Å². The van der Waals surface area contributed by atoms with Gasteiger partial charge in [-0.2, -0.15) is 0 Å². The van der Waals surface area contributed by atoms with Crippen LogP contribution in [0.4, 0.5) is 0 Å². The molecule has 0 fully saturated rings. The summed E-state index contributed by atoms with van der Waals surface area (Å²) in [5.74, 6) is -0.801. The number of carbonyl (C=O) groups is 2. The van der Waals surface area contributed by atoms with Crippen molar-refractivity contribution in [2.75, 3.05) is 0 Å². The fourth-order valence-corrected chi connectivity index (χ4v) is 4.13. The first kappa shape index (κ1) is 33.4. The molecule has 0 aromatic rings. The summed E-state index contributed by atoms with van der Waals surface area (Å²) < 4.78 is 5.80. The second kappa shape index (κ2) is 27.0. The summed E-state index contributed by atoms with van der Waals surface area (Å²) in [5, 5.41) is 8.76. The van der Waals surface area contributed by atoms with Crippen LogP contribution in [0.15, 0.2) is 24.3 Å². The number of carboxylic acid groups (broad SMARTS) is 1. The molecule has 1 N–H and O–H groups in total. The van der Waals surface area contributed by atoms with Gasteiger partial charge in [0.1, 0.15) is 6.10 Å². The van der Waals surface area contributed by atoms with Crippen LogP contribution in [-0.2, 0) is 14.3 Å². The molecule has 0 aromatic heterocycles. The fourth-order valence-electron chi connectivity index (χ4n) is 4.13. The van der Waals surface area contributed by atoms with E-state index in [-0.39, 0.29) is 18.5 Å². The third-order valence-electron chi connectivity index (χ3n) is 6.38. The van der Waals surface area contributed by atoms with E-state index in [2.05, 4.69) is 38.2 Å². The molecule has 0 amide bonds. The van der Waals surface area contributed by atoms with Gasteiger partial charge >= 0.3 is 11.9 Å². The zero-order valence-corrected chi connectivity index (χ0v) is 23.1. The van der Waals surface area contributed by atoms with Gasteiger partial charge < -0.3 is 9.84 Å². The highest BCUT2D eigenvalue weighted by Crippen LogP contribution is 2.15. The Morgan fingerprint density at radius 3 is 1.80 bits per heavy atom. The molecule has 35 heavy (non-hydrogen) atoms. The van der Waals surface area contributed by atoms with E-state index in [0.29, 0.717) is 6.42 Å². The summed E-state index contributed by atoms with van der Waals surface area (Å²) in [6.07, 6.45) is 31.9. The van der Waals surface area contributed by atoms with Crippen molar-refractivity contribution < 1.29 is 19.4 Å². The number of carboxylic acids is 1. The van der Waals surface area contributed by atoms with E-state index in [1.54, 1.807) is 0 Å². The van der Waals surface area contributed by atoms with Gasteiger partial charge in [-0.25, -0.2) is 0 Å². The van der Waals surface area contributed by atoms with Crippen molar-refractivity contribution in [1.82, 2.24) is 0 Å². The van der Waals surface area contributed by atoms with Gasteiger partial charge in [0.25, 0.3) is 0 Å². The Morgan fingerprint density at radius 2 is 1.14 bits per heavy atom. The minimum absolute atomic E-state index is 0.0765. The normalized spacial score (nSPS) is 12.5. The molecule has 0 aromatic carbocycles. The molecule has 0 bridgehead atoms. The molecule has 0 aliphatic rings. The quantitative estimate of drug-likeness (QED) is 0.0741. The van der Waals surface area contributed by atoms with Crippen molar-refractivity contribution in [1.29, 1.82) is 0 Å². The lowest BCUT2D eigenvalue weighted by Crippen LogP contribution is -2.16. The smallest absolute Gasteiger partial charge is 0.306 e. The molecule has 204 valence electrons. The van der Waals surface area contributed by atoms with Gasteiger partial charge in [0, 0.05) is 12.8 Å². The Kier molecular flexibility index (Phi) is 25.8. The Labute approximate surface area is 217 Å². The van der Waals surface area contributed by atoms with E-state index in [0.717, 1.165) is 51.4 Å². The van der Waals surface area contributed by atoms with Crippen LogP contribution in [0.25, 0.3) is 0 Å². The molecule has 4 nitrogen and oxygen atoms in total. The first-order valence-corrected chi connectivity index (χ1v) is 14.8. The lowest BCUT2D eigenvalue weighted by atomic mass is 10.1. The van der Waals surface area contributed by atoms with Crippen LogP contribution in [0.1, 0.15) is 155 Å². The second-order valence-electron chi connectivity index (χ2n) is 9.93. The van der Waals surface area contributed by atoms with Crippen molar-refractivity contribution in [3.8, 4) is 0 Å². The van der Waals surface area contributed by atoms with Gasteiger partial charge in [-0.05, 0) is 63.9 Å². The zero-order valence-electron chi connectivity index (χ0n) is 23.1. The third-order valence-corrected chi connectivity index (χ3v) is 6.38. The molecule has 0 aliphatic heterocycles. The highest BCUT2D eigenvalue weighted by Gasteiger charge is 2.11. The largest absolute Gasteiger partial charge is 0.481 e. The van der Waals surface area contributed by atoms with Gasteiger partial charge in [-0.15, -0.1) is 0 Å². The first-order chi connectivity index (χ1) is 17.1. The number of hydrogen-bond donors (Lipinski definition) is 1. The summed E-state index contributed by atoms with van der Waals surface area (Å²) in [7, 11) is 0. The van der Waals surface area contributed by atoms with Gasteiger partial charge in [0.15, 0.2) is 0 Å². The van der Waals surface area contributed by atoms with Crippen LogP contribution in [0.3, 0.4) is 0 Å². The maximum absolute atomic E-state index is 12.4. The number of unbranched alkanes of at least 4 members (excludes halogenated alkanes) is 15. The number of esters is 1. The van der Waals surface area contributed by atoms with Crippen molar-refractivity contribution >= 4 is 11.9 Å². The minimum Gasteiger partial charge on any atom is -0.481 e. The van der Waals surface area contributed by atoms with E-state index in [1.165, 1.54) is 77.0 Å². The van der Waals surface area contributed by atoms with Crippen LogP contribution >= 0.6 is 0 Å². The predicted octanol–water partition coefficient (Wildman–Crippen LogP) is 9.72. The third kappa shape index (κ3) is 26.9. The Hall–Kier alpha value is -1.58. The topological polar surface area (TPSA) is 63.6 Å². The number of hydrogen-bond acceptors (Lipinski definition) is 3. The molecule has 0 saturated heterocycles. The maximum Gasteiger partial charge on any atom is 0.306 e. The van der Waals surface area contributed by atoms with Gasteiger partial charge in [0.05, 0.1) is 0 Å². The molecule has 1 unspecified atom stereocenters. The highest BCUT2D eigenvalue weighted by atomic mass is 16.5. The lowest BCUT2D eigenvalue weighted by molar-refractivity contribution is -0.147. The molecule has 0 saturated carbocycles. The summed E-state index contributed by atoms with van der Waals surface area (Å²) in [4.78, 5) is 23.0. The molecule has 0 rings (SSSR count). The molecule has 0 aliphatic carbocycles. The van der Waals surface area contributed by atoms with Crippen LogP contribution < -0.4 is 0 Å². The summed E-state index contributed by atoms with van der Waals surface area (Å²) >= 11 is 0. The number of carbonyl (C=O) groups excluding carboxylic acids is 1. The van der Waals surface area contributed by atoms with Crippen molar-refractivity contribution in [3.63, 3.8) is 0 Å². The average molecular weight is 493 g/mol. The van der Waals surface area contributed by atoms with Crippen LogP contribution in [-0.4, -0.2) is 23.1 Å². The predicted molar refractivity (Wildman–Crippen MR) is 149 cm³/mol. The molecular weight excluding hydrogens is 436 g/mol. The molecule has 0 heterocycles. The maximum atomic E-state index is 12.4. The van der Waals surface area contributed by atoms with E-state index in [9.17, 15) is 9.59 Å². The van der Waals surface area contributed by atoms with Crippen LogP contribution in [0.2, 0.25) is 0 Å². The highest BCUT2D eigenvalue weighted by molar-refractivity contribution is 5.69. The fraction of sp³-hybridized carbons (Fsp3) is 0.806. The minimum atomic E-state index is -0.724. The van der Waals surface area contributed by atoms with Crippen LogP contribution in [0.5, 0.6) is 0 Å². The van der Waals surface area contributed by atoms with Crippen LogP contribution in [0, 0.1) is 0 Å². The van der Waals surface area contributed by atoms with Gasteiger partial charge in [0.2, 0.25) is 0 Å². The molecule has 4 heteroatoms. The molecule has 0 spiro atoms. The van der Waals surface area contributed by atoms with E-state index in [4.69, 9.17) is 9.84 Å². The van der Waals surface area contributed by atoms with Crippen molar-refractivity contribution in [2.24, 2.45) is 0 Å². The van der Waals surface area contributed by atoms with Crippen molar-refractivity contribution in [3.05, 3.63) is 24.3 Å². The van der Waals surface area contributed by atoms with Gasteiger partial charge in [-0.3, -0.25) is 9.59 Å². The van der Waals surface area contributed by atoms with Gasteiger partial charge in [-0.1, -0.05) is 103 Å². The van der Waals surface area contributed by atoms with E-state index >= 15 is 0 Å². The van der Waals surface area contributed by atoms with E-state index in [1.807, 2.05) is 0 Å². The standard InChI is InChI=1S/C31H56O4/c1-3-5-7-9-11-12-13-14-16-18-24-28-31(34)35-29(25-21-17-15-10-8-6-4-2)26-22-19-20-23-27-30(32)33/h9,11,21,25,29H,3-8,10,12-20,22-24,26-28H2,1-2H3,(H,32,33)/b11-9-,25-21-. The monoisotopic (exact) mass is 492 g/mol. The Bertz CT molecular complexity index is 538. The molecule has 1 atom stereocenters. The number of rotatable bonds is 26. The Balaban J connectivity index is 4.10. The SMILES string of the molecule is CCCC/C=C\CCCCCCCC(=O)OC(/C=C\CCCCCCC)CCCCCCC(=O)O. The molecular formula is C31H56O4. The number of ether oxygens (including phenoxy) is 1.